The van der Waals surface area contributed by atoms with Gasteiger partial charge in [0.1, 0.15) is 18.9 Å². The third-order valence-electron chi connectivity index (χ3n) is 3.94. The Morgan fingerprint density at radius 2 is 2.16 bits per heavy atom. The maximum absolute atomic E-state index is 6.25. The second-order valence-corrected chi connectivity index (χ2v) is 6.35. The maximum Gasteiger partial charge on any atom is 0.141 e. The zero-order valence-electron chi connectivity index (χ0n) is 12.3. The summed E-state index contributed by atoms with van der Waals surface area (Å²) in [5.41, 5.74) is 2.32. The van der Waals surface area contributed by atoms with Crippen LogP contribution in [0, 0.1) is 19.8 Å². The second-order valence-electron chi connectivity index (χ2n) is 5.94. The van der Waals surface area contributed by atoms with Crippen LogP contribution in [0.1, 0.15) is 30.9 Å². The van der Waals surface area contributed by atoms with Gasteiger partial charge in [-0.3, -0.25) is 0 Å². The quantitative estimate of drug-likeness (QED) is 0.896. The molecule has 0 bridgehead atoms. The summed E-state index contributed by atoms with van der Waals surface area (Å²) in [6.45, 7) is 10.9. The normalized spacial score (nSPS) is 23.4. The Morgan fingerprint density at radius 3 is 2.84 bits per heavy atom. The molecule has 1 unspecified atom stereocenters. The first-order valence-electron chi connectivity index (χ1n) is 7.29. The van der Waals surface area contributed by atoms with Gasteiger partial charge in [-0.2, -0.15) is 0 Å². The first kappa shape index (κ1) is 14.7. The van der Waals surface area contributed by atoms with Crippen LogP contribution in [0.15, 0.2) is 12.1 Å². The van der Waals surface area contributed by atoms with E-state index in [1.165, 1.54) is 31.5 Å². The highest BCUT2D eigenvalue weighted by atomic mass is 35.5. The van der Waals surface area contributed by atoms with Gasteiger partial charge in [-0.1, -0.05) is 24.6 Å². The molecule has 1 aliphatic rings. The molecule has 2 rings (SSSR count). The van der Waals surface area contributed by atoms with Crippen molar-refractivity contribution >= 4 is 11.6 Å². The molecule has 1 saturated heterocycles. The molecule has 1 fully saturated rings. The SMILES string of the molecule is Cc1cc(C)c(OCC[NH+]2CCC[C@@H](C)C2)c(Cl)c1. The molecule has 1 aromatic rings. The van der Waals surface area contributed by atoms with Crippen molar-refractivity contribution in [3.8, 4) is 5.75 Å². The van der Waals surface area contributed by atoms with E-state index in [-0.39, 0.29) is 0 Å². The van der Waals surface area contributed by atoms with E-state index in [0.29, 0.717) is 0 Å². The fraction of sp³-hybridized carbons (Fsp3) is 0.625. The summed E-state index contributed by atoms with van der Waals surface area (Å²) >= 11 is 6.25. The molecule has 0 spiro atoms. The summed E-state index contributed by atoms with van der Waals surface area (Å²) < 4.78 is 5.91. The number of hydrogen-bond donors (Lipinski definition) is 1. The van der Waals surface area contributed by atoms with E-state index in [9.17, 15) is 0 Å². The average molecular weight is 283 g/mol. The van der Waals surface area contributed by atoms with E-state index in [2.05, 4.69) is 26.8 Å². The van der Waals surface area contributed by atoms with Crippen LogP contribution in [0.3, 0.4) is 0 Å². The van der Waals surface area contributed by atoms with Crippen LogP contribution < -0.4 is 9.64 Å². The van der Waals surface area contributed by atoms with Crippen LogP contribution in [0.5, 0.6) is 5.75 Å². The first-order valence-corrected chi connectivity index (χ1v) is 7.67. The van der Waals surface area contributed by atoms with Crippen LogP contribution in [0.4, 0.5) is 0 Å². The second kappa shape index (κ2) is 6.62. The van der Waals surface area contributed by atoms with Gasteiger partial charge in [0.25, 0.3) is 0 Å². The van der Waals surface area contributed by atoms with Crippen molar-refractivity contribution in [2.75, 3.05) is 26.2 Å². The van der Waals surface area contributed by atoms with Crippen molar-refractivity contribution < 1.29 is 9.64 Å². The molecule has 0 radical (unpaired) electrons. The fourth-order valence-electron chi connectivity index (χ4n) is 3.01. The van der Waals surface area contributed by atoms with E-state index in [1.807, 2.05) is 6.07 Å². The highest BCUT2D eigenvalue weighted by Crippen LogP contribution is 2.29. The third-order valence-corrected chi connectivity index (χ3v) is 4.22. The highest BCUT2D eigenvalue weighted by molar-refractivity contribution is 6.32. The molecular formula is C16H25ClNO+. The number of rotatable bonds is 4. The van der Waals surface area contributed by atoms with Gasteiger partial charge in [0.15, 0.2) is 0 Å². The fourth-order valence-corrected chi connectivity index (χ4v) is 3.38. The Bertz CT molecular complexity index is 410. The zero-order chi connectivity index (χ0) is 13.8. The molecule has 0 saturated carbocycles. The summed E-state index contributed by atoms with van der Waals surface area (Å²) in [7, 11) is 0. The Morgan fingerprint density at radius 1 is 1.37 bits per heavy atom. The van der Waals surface area contributed by atoms with Crippen LogP contribution >= 0.6 is 11.6 Å². The predicted molar refractivity (Wildman–Crippen MR) is 80.4 cm³/mol. The van der Waals surface area contributed by atoms with Gasteiger partial charge in [0, 0.05) is 5.92 Å². The minimum Gasteiger partial charge on any atom is -0.486 e. The molecule has 19 heavy (non-hydrogen) atoms. The van der Waals surface area contributed by atoms with Crippen LogP contribution in [0.2, 0.25) is 5.02 Å². The Labute approximate surface area is 121 Å². The molecule has 0 aromatic heterocycles. The number of hydrogen-bond acceptors (Lipinski definition) is 1. The number of ether oxygens (including phenoxy) is 1. The maximum atomic E-state index is 6.25. The molecular weight excluding hydrogens is 258 g/mol. The number of quaternary nitrogens is 1. The van der Waals surface area contributed by atoms with Gasteiger partial charge < -0.3 is 9.64 Å². The number of benzene rings is 1. The lowest BCUT2D eigenvalue weighted by atomic mass is 10.0. The van der Waals surface area contributed by atoms with Gasteiger partial charge in [-0.15, -0.1) is 0 Å². The molecule has 0 amide bonds. The minimum absolute atomic E-state index is 0.736. The van der Waals surface area contributed by atoms with Crippen LogP contribution in [-0.2, 0) is 0 Å². The molecule has 1 heterocycles. The molecule has 0 aliphatic carbocycles. The standard InChI is InChI=1S/C16H24ClNO/c1-12-5-4-6-18(11-12)7-8-19-16-14(3)9-13(2)10-15(16)17/h9-10,12H,4-8,11H2,1-3H3/p+1/t12-/m1/s1. The lowest BCUT2D eigenvalue weighted by Gasteiger charge is -2.27. The molecule has 1 aromatic carbocycles. The van der Waals surface area contributed by atoms with Gasteiger partial charge in [0.2, 0.25) is 0 Å². The molecule has 106 valence electrons. The highest BCUT2D eigenvalue weighted by Gasteiger charge is 2.19. The lowest BCUT2D eigenvalue weighted by molar-refractivity contribution is -0.908. The topological polar surface area (TPSA) is 13.7 Å². The summed E-state index contributed by atoms with van der Waals surface area (Å²) in [4.78, 5) is 1.67. The number of nitrogens with one attached hydrogen (secondary N) is 1. The molecule has 2 atom stereocenters. The molecule has 3 heteroatoms. The van der Waals surface area contributed by atoms with E-state index in [4.69, 9.17) is 16.3 Å². The number of aryl methyl sites for hydroxylation is 2. The van der Waals surface area contributed by atoms with Crippen LogP contribution in [-0.4, -0.2) is 26.2 Å². The number of piperidine rings is 1. The monoisotopic (exact) mass is 282 g/mol. The summed E-state index contributed by atoms with van der Waals surface area (Å²) in [5, 5.41) is 0.736. The summed E-state index contributed by atoms with van der Waals surface area (Å²) in [6, 6.07) is 4.09. The smallest absolute Gasteiger partial charge is 0.141 e. The van der Waals surface area contributed by atoms with Crippen molar-refractivity contribution in [2.45, 2.75) is 33.6 Å². The first-order chi connectivity index (χ1) is 9.06. The van der Waals surface area contributed by atoms with E-state index in [1.54, 1.807) is 4.90 Å². The van der Waals surface area contributed by atoms with E-state index in [0.717, 1.165) is 35.4 Å². The lowest BCUT2D eigenvalue weighted by Crippen LogP contribution is -3.14. The Hall–Kier alpha value is -0.730. The van der Waals surface area contributed by atoms with Crippen molar-refractivity contribution in [3.63, 3.8) is 0 Å². The zero-order valence-corrected chi connectivity index (χ0v) is 13.0. The van der Waals surface area contributed by atoms with Gasteiger partial charge in [0.05, 0.1) is 18.1 Å². The minimum atomic E-state index is 0.736. The summed E-state index contributed by atoms with van der Waals surface area (Å²) in [5.74, 6) is 1.71. The Balaban J connectivity index is 1.85. The molecule has 2 nitrogen and oxygen atoms in total. The predicted octanol–water partition coefficient (Wildman–Crippen LogP) is 2.65. The molecule has 1 aliphatic heterocycles. The van der Waals surface area contributed by atoms with Crippen LogP contribution in [0.25, 0.3) is 0 Å². The average Bonchev–Trinajstić information content (AvgIpc) is 2.32. The Kier molecular flexibility index (Phi) is 5.12. The number of halogens is 1. The van der Waals surface area contributed by atoms with Gasteiger partial charge in [-0.05, 0) is 43.9 Å². The van der Waals surface area contributed by atoms with E-state index >= 15 is 0 Å². The summed E-state index contributed by atoms with van der Waals surface area (Å²) in [6.07, 6.45) is 2.73. The third kappa shape index (κ3) is 4.12. The van der Waals surface area contributed by atoms with Gasteiger partial charge >= 0.3 is 0 Å². The number of likely N-dealkylation sites (tertiary alicyclic amines) is 1. The van der Waals surface area contributed by atoms with Gasteiger partial charge in [-0.25, -0.2) is 0 Å². The molecule has 1 N–H and O–H groups in total. The van der Waals surface area contributed by atoms with Crippen molar-refractivity contribution in [3.05, 3.63) is 28.3 Å². The van der Waals surface area contributed by atoms with Crippen molar-refractivity contribution in [2.24, 2.45) is 5.92 Å². The van der Waals surface area contributed by atoms with Crippen molar-refractivity contribution in [1.29, 1.82) is 0 Å². The van der Waals surface area contributed by atoms with Crippen molar-refractivity contribution in [1.82, 2.24) is 0 Å². The largest absolute Gasteiger partial charge is 0.486 e. The van der Waals surface area contributed by atoms with E-state index < -0.39 is 0 Å².